The first kappa shape index (κ1) is 33.9. The molecule has 1 spiro atoms. The Morgan fingerprint density at radius 1 is 0.271 bits per heavy atom. The molecule has 0 radical (unpaired) electrons. The molecular formula is C58H41N. The van der Waals surface area contributed by atoms with E-state index in [2.05, 4.69) is 231 Å². The summed E-state index contributed by atoms with van der Waals surface area (Å²) < 4.78 is 0. The van der Waals surface area contributed by atoms with Crippen LogP contribution in [0.4, 0.5) is 17.1 Å². The Kier molecular flexibility index (Phi) is 7.26. The maximum atomic E-state index is 2.48. The lowest BCUT2D eigenvalue weighted by Gasteiger charge is -2.30. The van der Waals surface area contributed by atoms with Gasteiger partial charge in [-0.15, -0.1) is 0 Å². The number of nitrogens with zero attached hydrogens (tertiary/aromatic N) is 1. The molecule has 9 aromatic rings. The van der Waals surface area contributed by atoms with Gasteiger partial charge in [-0.1, -0.05) is 184 Å². The lowest BCUT2D eigenvalue weighted by atomic mass is 9.70. The van der Waals surface area contributed by atoms with Gasteiger partial charge in [0.1, 0.15) is 0 Å². The maximum Gasteiger partial charge on any atom is 0.0725 e. The van der Waals surface area contributed by atoms with E-state index in [1.165, 1.54) is 89.0 Å². The second kappa shape index (κ2) is 12.6. The van der Waals surface area contributed by atoms with E-state index in [0.717, 1.165) is 17.1 Å². The second-order valence-corrected chi connectivity index (χ2v) is 16.8. The standard InChI is InChI=1S/C58H41N/c1-57(2)51-23-10-6-19-45(51)49-34-32-44(37-55(49)57)59(43-18-14-17-40(35-43)38-15-4-3-5-16-38)42-30-27-39(28-31-42)41-29-33-50-48-22-9-13-26-54(48)58(56(50)36-41)52-24-11-7-20-46(52)47-21-8-12-25-53(47)58/h3-37H,1-2H3. The van der Waals surface area contributed by atoms with Crippen LogP contribution in [-0.4, -0.2) is 0 Å². The molecule has 9 aromatic carbocycles. The third-order valence-electron chi connectivity index (χ3n) is 13.5. The van der Waals surface area contributed by atoms with E-state index in [0.29, 0.717) is 0 Å². The molecule has 0 saturated heterocycles. The zero-order chi connectivity index (χ0) is 39.3. The van der Waals surface area contributed by atoms with Crippen LogP contribution in [0.25, 0.3) is 55.6 Å². The average Bonchev–Trinajstić information content (AvgIpc) is 3.85. The fourth-order valence-electron chi connectivity index (χ4n) is 10.8. The van der Waals surface area contributed by atoms with Crippen molar-refractivity contribution >= 4 is 17.1 Å². The summed E-state index contributed by atoms with van der Waals surface area (Å²) in [6, 6.07) is 79.1. The fraction of sp³-hybridized carbons (Fsp3) is 0.0690. The highest BCUT2D eigenvalue weighted by Crippen LogP contribution is 2.63. The number of fused-ring (bicyclic) bond motifs is 13. The van der Waals surface area contributed by atoms with Crippen molar-refractivity contribution in [2.45, 2.75) is 24.7 Å². The van der Waals surface area contributed by atoms with Crippen LogP contribution in [0.5, 0.6) is 0 Å². The van der Waals surface area contributed by atoms with Gasteiger partial charge in [0.2, 0.25) is 0 Å². The van der Waals surface area contributed by atoms with E-state index in [9.17, 15) is 0 Å². The summed E-state index contributed by atoms with van der Waals surface area (Å²) in [4.78, 5) is 2.43. The molecule has 0 saturated carbocycles. The molecule has 1 nitrogen and oxygen atoms in total. The lowest BCUT2D eigenvalue weighted by Crippen LogP contribution is -2.25. The minimum absolute atomic E-state index is 0.103. The Hall–Kier alpha value is -7.22. The molecule has 59 heavy (non-hydrogen) atoms. The van der Waals surface area contributed by atoms with E-state index in [1.54, 1.807) is 0 Å². The molecule has 278 valence electrons. The molecular weight excluding hydrogens is 711 g/mol. The van der Waals surface area contributed by atoms with Crippen molar-refractivity contribution in [3.8, 4) is 55.6 Å². The zero-order valence-corrected chi connectivity index (χ0v) is 33.2. The first-order chi connectivity index (χ1) is 29.0. The minimum Gasteiger partial charge on any atom is -0.310 e. The molecule has 12 rings (SSSR count). The Balaban J connectivity index is 0.996. The number of rotatable bonds is 5. The van der Waals surface area contributed by atoms with Crippen molar-refractivity contribution in [1.82, 2.24) is 0 Å². The predicted octanol–water partition coefficient (Wildman–Crippen LogP) is 15.1. The number of hydrogen-bond acceptors (Lipinski definition) is 1. The molecule has 0 aromatic heterocycles. The molecule has 0 fully saturated rings. The zero-order valence-electron chi connectivity index (χ0n) is 33.2. The lowest BCUT2D eigenvalue weighted by molar-refractivity contribution is 0.660. The van der Waals surface area contributed by atoms with Crippen molar-refractivity contribution in [1.29, 1.82) is 0 Å². The van der Waals surface area contributed by atoms with E-state index in [1.807, 2.05) is 0 Å². The normalized spacial score (nSPS) is 14.2. The van der Waals surface area contributed by atoms with E-state index >= 15 is 0 Å². The molecule has 0 heterocycles. The molecule has 0 bridgehead atoms. The van der Waals surface area contributed by atoms with Crippen LogP contribution in [0.1, 0.15) is 47.2 Å². The van der Waals surface area contributed by atoms with Crippen LogP contribution in [0.15, 0.2) is 212 Å². The SMILES string of the molecule is CC1(C)c2ccccc2-c2ccc(N(c3ccc(-c4ccc5c(c4)C4(c6ccccc6-c6ccccc64)c4ccccc4-5)cc3)c3cccc(-c4ccccc4)c3)cc21. The summed E-state index contributed by atoms with van der Waals surface area (Å²) in [7, 11) is 0. The smallest absolute Gasteiger partial charge is 0.0725 e. The van der Waals surface area contributed by atoms with Crippen molar-refractivity contribution < 1.29 is 0 Å². The van der Waals surface area contributed by atoms with E-state index in [4.69, 9.17) is 0 Å². The summed E-state index contributed by atoms with van der Waals surface area (Å²) in [5.74, 6) is 0. The Bertz CT molecular complexity index is 3070. The van der Waals surface area contributed by atoms with Crippen LogP contribution in [-0.2, 0) is 10.8 Å². The maximum absolute atomic E-state index is 2.48. The summed E-state index contributed by atoms with van der Waals surface area (Å²) in [6.07, 6.45) is 0. The van der Waals surface area contributed by atoms with Gasteiger partial charge in [0, 0.05) is 22.5 Å². The van der Waals surface area contributed by atoms with Crippen molar-refractivity contribution in [3.63, 3.8) is 0 Å². The van der Waals surface area contributed by atoms with Gasteiger partial charge >= 0.3 is 0 Å². The van der Waals surface area contributed by atoms with E-state index in [-0.39, 0.29) is 10.8 Å². The summed E-state index contributed by atoms with van der Waals surface area (Å²) in [5, 5.41) is 0. The highest BCUT2D eigenvalue weighted by Gasteiger charge is 2.51. The highest BCUT2D eigenvalue weighted by atomic mass is 15.1. The van der Waals surface area contributed by atoms with Crippen molar-refractivity contribution in [2.75, 3.05) is 4.90 Å². The first-order valence-electron chi connectivity index (χ1n) is 20.8. The van der Waals surface area contributed by atoms with Gasteiger partial charge in [0.05, 0.1) is 5.41 Å². The van der Waals surface area contributed by atoms with Crippen molar-refractivity contribution in [3.05, 3.63) is 246 Å². The summed E-state index contributed by atoms with van der Waals surface area (Å²) in [6.45, 7) is 4.72. The average molecular weight is 752 g/mol. The van der Waals surface area contributed by atoms with Gasteiger partial charge < -0.3 is 4.90 Å². The van der Waals surface area contributed by atoms with Crippen molar-refractivity contribution in [2.24, 2.45) is 0 Å². The van der Waals surface area contributed by atoms with Gasteiger partial charge in [-0.05, 0) is 131 Å². The van der Waals surface area contributed by atoms with Crippen LogP contribution in [0, 0.1) is 0 Å². The fourth-order valence-corrected chi connectivity index (χ4v) is 10.8. The van der Waals surface area contributed by atoms with Crippen LogP contribution in [0.2, 0.25) is 0 Å². The van der Waals surface area contributed by atoms with Crippen LogP contribution < -0.4 is 4.90 Å². The third-order valence-corrected chi connectivity index (χ3v) is 13.5. The molecule has 0 aliphatic heterocycles. The Morgan fingerprint density at radius 3 is 1.34 bits per heavy atom. The molecule has 0 atom stereocenters. The van der Waals surface area contributed by atoms with Gasteiger partial charge in [-0.3, -0.25) is 0 Å². The molecule has 3 aliphatic carbocycles. The Labute approximate surface area is 346 Å². The molecule has 0 N–H and O–H groups in total. The molecule has 3 aliphatic rings. The predicted molar refractivity (Wildman–Crippen MR) is 246 cm³/mol. The monoisotopic (exact) mass is 751 g/mol. The first-order valence-corrected chi connectivity index (χ1v) is 20.8. The molecule has 1 heteroatoms. The number of anilines is 3. The number of benzene rings is 9. The van der Waals surface area contributed by atoms with Gasteiger partial charge in [0.25, 0.3) is 0 Å². The van der Waals surface area contributed by atoms with Crippen LogP contribution >= 0.6 is 0 Å². The third kappa shape index (κ3) is 4.79. The molecule has 0 unspecified atom stereocenters. The van der Waals surface area contributed by atoms with E-state index < -0.39 is 0 Å². The van der Waals surface area contributed by atoms with Gasteiger partial charge in [0.15, 0.2) is 0 Å². The molecule has 0 amide bonds. The topological polar surface area (TPSA) is 3.24 Å². The van der Waals surface area contributed by atoms with Gasteiger partial charge in [-0.2, -0.15) is 0 Å². The highest BCUT2D eigenvalue weighted by molar-refractivity contribution is 5.96. The second-order valence-electron chi connectivity index (χ2n) is 16.8. The largest absolute Gasteiger partial charge is 0.310 e. The Morgan fingerprint density at radius 2 is 0.695 bits per heavy atom. The minimum atomic E-state index is -0.364. The van der Waals surface area contributed by atoms with Gasteiger partial charge in [-0.25, -0.2) is 0 Å². The summed E-state index contributed by atoms with van der Waals surface area (Å²) >= 11 is 0. The summed E-state index contributed by atoms with van der Waals surface area (Å²) in [5.41, 5.74) is 23.9. The quantitative estimate of drug-likeness (QED) is 0.169. The van der Waals surface area contributed by atoms with Crippen LogP contribution in [0.3, 0.4) is 0 Å². The number of hydrogen-bond donors (Lipinski definition) is 0.